The first-order chi connectivity index (χ1) is 13.7. The average Bonchev–Trinajstić information content (AvgIpc) is 3.25. The number of amides is 2. The highest BCUT2D eigenvalue weighted by atomic mass is 16.5. The maximum atomic E-state index is 12.9. The van der Waals surface area contributed by atoms with Crippen LogP contribution in [0, 0.1) is 5.92 Å². The van der Waals surface area contributed by atoms with Gasteiger partial charge in [-0.25, -0.2) is 4.98 Å². The molecule has 1 saturated carbocycles. The molecule has 3 heterocycles. The number of rotatable bonds is 5. The van der Waals surface area contributed by atoms with Crippen LogP contribution in [0.3, 0.4) is 0 Å². The summed E-state index contributed by atoms with van der Waals surface area (Å²) in [5.74, 6) is 0.690. The van der Waals surface area contributed by atoms with E-state index in [0.29, 0.717) is 30.6 Å². The van der Waals surface area contributed by atoms with E-state index in [1.165, 1.54) is 12.8 Å². The van der Waals surface area contributed by atoms with Gasteiger partial charge in [-0.05, 0) is 51.3 Å². The van der Waals surface area contributed by atoms with Crippen LogP contribution in [0.4, 0.5) is 0 Å². The van der Waals surface area contributed by atoms with Crippen molar-refractivity contribution in [3.63, 3.8) is 0 Å². The third kappa shape index (κ3) is 3.85. The minimum Gasteiger partial charge on any atom is -0.481 e. The van der Waals surface area contributed by atoms with Crippen molar-refractivity contribution in [2.24, 2.45) is 5.92 Å². The Morgan fingerprint density at radius 3 is 2.86 bits per heavy atom. The summed E-state index contributed by atoms with van der Waals surface area (Å²) in [5.41, 5.74) is 2.22. The number of ether oxygens (including phenoxy) is 1. The molecule has 1 aromatic rings. The molecule has 0 unspecified atom stereocenters. The number of nitrogens with zero attached hydrogens (tertiary/aromatic N) is 2. The maximum Gasteiger partial charge on any atom is 0.256 e. The molecule has 7 nitrogen and oxygen atoms in total. The zero-order chi connectivity index (χ0) is 19.5. The van der Waals surface area contributed by atoms with Crippen molar-refractivity contribution >= 4 is 11.8 Å². The van der Waals surface area contributed by atoms with Crippen molar-refractivity contribution in [3.8, 4) is 5.88 Å². The molecule has 4 rings (SSSR count). The highest BCUT2D eigenvalue weighted by molar-refractivity contribution is 5.98. The summed E-state index contributed by atoms with van der Waals surface area (Å²) in [5, 5.41) is 6.36. The largest absolute Gasteiger partial charge is 0.481 e. The molecule has 0 spiro atoms. The highest BCUT2D eigenvalue weighted by Gasteiger charge is 2.36. The molecule has 1 atom stereocenters. The Hall–Kier alpha value is -2.15. The van der Waals surface area contributed by atoms with Crippen LogP contribution < -0.4 is 15.4 Å². The van der Waals surface area contributed by atoms with E-state index in [9.17, 15) is 9.59 Å². The maximum absolute atomic E-state index is 12.9. The minimum absolute atomic E-state index is 0.0443. The number of aromatic nitrogens is 1. The molecule has 2 aliphatic heterocycles. The van der Waals surface area contributed by atoms with Crippen molar-refractivity contribution in [1.29, 1.82) is 0 Å². The van der Waals surface area contributed by atoms with Crippen molar-refractivity contribution in [2.45, 2.75) is 64.1 Å². The van der Waals surface area contributed by atoms with E-state index >= 15 is 0 Å². The van der Waals surface area contributed by atoms with E-state index in [-0.39, 0.29) is 17.7 Å². The van der Waals surface area contributed by atoms with Crippen LogP contribution in [-0.4, -0.2) is 47.9 Å². The summed E-state index contributed by atoms with van der Waals surface area (Å²) in [7, 11) is 1.59. The van der Waals surface area contributed by atoms with Gasteiger partial charge < -0.3 is 20.3 Å². The lowest BCUT2D eigenvalue weighted by molar-refractivity contribution is -0.125. The molecule has 1 aromatic heterocycles. The first kappa shape index (κ1) is 19.2. The van der Waals surface area contributed by atoms with Crippen LogP contribution in [0.25, 0.3) is 0 Å². The highest BCUT2D eigenvalue weighted by Crippen LogP contribution is 2.33. The number of hydrogen-bond acceptors (Lipinski definition) is 5. The van der Waals surface area contributed by atoms with Gasteiger partial charge in [0.1, 0.15) is 0 Å². The molecular weight excluding hydrogens is 356 g/mol. The van der Waals surface area contributed by atoms with E-state index in [1.807, 2.05) is 11.0 Å². The van der Waals surface area contributed by atoms with Crippen LogP contribution in [0.1, 0.15) is 66.6 Å². The van der Waals surface area contributed by atoms with Gasteiger partial charge in [0.2, 0.25) is 11.8 Å². The number of carbonyl (C=O) groups excluding carboxylic acids is 2. The number of nitrogens with one attached hydrogen (secondary N) is 2. The van der Waals surface area contributed by atoms with Gasteiger partial charge in [0.15, 0.2) is 0 Å². The van der Waals surface area contributed by atoms with E-state index in [1.54, 1.807) is 7.11 Å². The van der Waals surface area contributed by atoms with Crippen molar-refractivity contribution in [3.05, 3.63) is 22.9 Å². The SMILES string of the molecule is COc1nc2c(cc1CNC(=O)[C@H]1CCCNCC1)C(=O)N(C1CCCC1)C2. The fraction of sp³-hybridized carbons (Fsp3) is 0.667. The zero-order valence-corrected chi connectivity index (χ0v) is 16.6. The first-order valence-corrected chi connectivity index (χ1v) is 10.5. The van der Waals surface area contributed by atoms with Gasteiger partial charge in [0.05, 0.1) is 24.9 Å². The van der Waals surface area contributed by atoms with Crippen LogP contribution in [0.2, 0.25) is 0 Å². The molecule has 2 amide bonds. The zero-order valence-electron chi connectivity index (χ0n) is 16.6. The van der Waals surface area contributed by atoms with Crippen molar-refractivity contribution in [1.82, 2.24) is 20.5 Å². The standard InChI is InChI=1S/C21H30N4O3/c1-28-20-15(12-23-19(26)14-5-4-9-22-10-8-14)11-17-18(24-20)13-25(21(17)27)16-6-2-3-7-16/h11,14,16,22H,2-10,12-13H2,1H3,(H,23,26)/t14-/m0/s1. The van der Waals surface area contributed by atoms with E-state index < -0.39 is 0 Å². The molecule has 0 aromatic carbocycles. The lowest BCUT2D eigenvalue weighted by Crippen LogP contribution is -2.33. The number of pyridine rings is 1. The van der Waals surface area contributed by atoms with Crippen LogP contribution in [0.15, 0.2) is 6.07 Å². The molecule has 0 bridgehead atoms. The summed E-state index contributed by atoms with van der Waals surface area (Å²) in [6, 6.07) is 2.20. The van der Waals surface area contributed by atoms with Gasteiger partial charge in [0.25, 0.3) is 5.91 Å². The van der Waals surface area contributed by atoms with Crippen molar-refractivity contribution < 1.29 is 14.3 Å². The van der Waals surface area contributed by atoms with Gasteiger partial charge in [-0.2, -0.15) is 0 Å². The third-order valence-corrected chi connectivity index (χ3v) is 6.31. The summed E-state index contributed by atoms with van der Waals surface area (Å²) >= 11 is 0. The number of hydrogen-bond donors (Lipinski definition) is 2. The third-order valence-electron chi connectivity index (χ3n) is 6.31. The van der Waals surface area contributed by atoms with Gasteiger partial charge in [-0.3, -0.25) is 9.59 Å². The Balaban J connectivity index is 1.46. The second-order valence-electron chi connectivity index (χ2n) is 8.12. The molecule has 3 aliphatic rings. The smallest absolute Gasteiger partial charge is 0.256 e. The normalized spacial score (nSPS) is 22.8. The van der Waals surface area contributed by atoms with E-state index in [0.717, 1.165) is 56.5 Å². The van der Waals surface area contributed by atoms with Gasteiger partial charge in [0, 0.05) is 24.1 Å². The predicted octanol–water partition coefficient (Wildman–Crippen LogP) is 1.99. The summed E-state index contributed by atoms with van der Waals surface area (Å²) in [6.45, 7) is 2.76. The lowest BCUT2D eigenvalue weighted by Gasteiger charge is -2.22. The number of carbonyl (C=O) groups is 2. The average molecular weight is 386 g/mol. The number of fused-ring (bicyclic) bond motifs is 1. The van der Waals surface area contributed by atoms with Gasteiger partial charge in [-0.15, -0.1) is 0 Å². The topological polar surface area (TPSA) is 83.6 Å². The first-order valence-electron chi connectivity index (χ1n) is 10.5. The molecule has 28 heavy (non-hydrogen) atoms. The predicted molar refractivity (Wildman–Crippen MR) is 105 cm³/mol. The van der Waals surface area contributed by atoms with Gasteiger partial charge in [-0.1, -0.05) is 12.8 Å². The summed E-state index contributed by atoms with van der Waals surface area (Å²) < 4.78 is 5.46. The monoisotopic (exact) mass is 386 g/mol. The number of methoxy groups -OCH3 is 1. The Bertz CT molecular complexity index is 737. The summed E-state index contributed by atoms with van der Waals surface area (Å²) in [4.78, 5) is 32.0. The van der Waals surface area contributed by atoms with E-state index in [2.05, 4.69) is 15.6 Å². The molecule has 7 heteroatoms. The van der Waals surface area contributed by atoms with Crippen LogP contribution in [-0.2, 0) is 17.9 Å². The van der Waals surface area contributed by atoms with Crippen molar-refractivity contribution in [2.75, 3.05) is 20.2 Å². The van der Waals surface area contributed by atoms with Crippen LogP contribution >= 0.6 is 0 Å². The Morgan fingerprint density at radius 2 is 2.07 bits per heavy atom. The Labute approximate surface area is 166 Å². The molecule has 1 saturated heterocycles. The second kappa shape index (κ2) is 8.47. The fourth-order valence-electron chi connectivity index (χ4n) is 4.69. The minimum atomic E-state index is 0.0443. The molecule has 152 valence electrons. The second-order valence-corrected chi connectivity index (χ2v) is 8.12. The lowest BCUT2D eigenvalue weighted by atomic mass is 10.00. The molecule has 2 fully saturated rings. The Kier molecular flexibility index (Phi) is 5.80. The van der Waals surface area contributed by atoms with E-state index in [4.69, 9.17) is 4.74 Å². The molecule has 2 N–H and O–H groups in total. The molecule has 1 aliphatic carbocycles. The van der Waals surface area contributed by atoms with Crippen LogP contribution in [0.5, 0.6) is 5.88 Å². The summed E-state index contributed by atoms with van der Waals surface area (Å²) in [6.07, 6.45) is 7.33. The van der Waals surface area contributed by atoms with Gasteiger partial charge >= 0.3 is 0 Å². The fourth-order valence-corrected chi connectivity index (χ4v) is 4.69. The Morgan fingerprint density at radius 1 is 1.25 bits per heavy atom. The molecular formula is C21H30N4O3. The molecule has 0 radical (unpaired) electrons. The quantitative estimate of drug-likeness (QED) is 0.809.